The van der Waals surface area contributed by atoms with Gasteiger partial charge in [-0.05, 0) is 72.4 Å². The molecule has 3 saturated heterocycles. The van der Waals surface area contributed by atoms with Crippen molar-refractivity contribution in [3.63, 3.8) is 0 Å². The lowest BCUT2D eigenvalue weighted by Gasteiger charge is -2.38. The predicted molar refractivity (Wildman–Crippen MR) is 249 cm³/mol. The summed E-state index contributed by atoms with van der Waals surface area (Å²) in [5.41, 5.74) is 10.5. The number of pyridine rings is 1. The van der Waals surface area contributed by atoms with E-state index in [9.17, 15) is 19.2 Å². The molecule has 4 aliphatic heterocycles. The number of nitrogens with zero attached hydrogens (tertiary/aromatic N) is 8. The average molecular weight is 866 g/mol. The van der Waals surface area contributed by atoms with Crippen molar-refractivity contribution < 1.29 is 19.1 Å². The lowest BCUT2D eigenvalue weighted by atomic mass is 9.97. The van der Waals surface area contributed by atoms with Crippen molar-refractivity contribution in [3.05, 3.63) is 112 Å². The van der Waals surface area contributed by atoms with Crippen molar-refractivity contribution in [1.82, 2.24) is 34.1 Å². The molecule has 64 heavy (non-hydrogen) atoms. The van der Waals surface area contributed by atoms with E-state index in [0.29, 0.717) is 76.1 Å². The number of carbonyl (C=O) groups excluding carboxylic acids is 3. The van der Waals surface area contributed by atoms with Crippen molar-refractivity contribution in [3.8, 4) is 17.0 Å². The van der Waals surface area contributed by atoms with Crippen LogP contribution in [0, 0.1) is 13.8 Å². The van der Waals surface area contributed by atoms with Crippen LogP contribution in [0.3, 0.4) is 0 Å². The van der Waals surface area contributed by atoms with Gasteiger partial charge in [0.15, 0.2) is 0 Å². The fourth-order valence-electron chi connectivity index (χ4n) is 9.29. The number of ether oxygens (including phenoxy) is 1. The quantitative estimate of drug-likeness (QED) is 0.129. The smallest absolute Gasteiger partial charge is 0.329 e. The van der Waals surface area contributed by atoms with Crippen LogP contribution in [0.1, 0.15) is 41.1 Å². The van der Waals surface area contributed by atoms with Crippen molar-refractivity contribution >= 4 is 52.0 Å². The Morgan fingerprint density at radius 2 is 1.73 bits per heavy atom. The van der Waals surface area contributed by atoms with Crippen LogP contribution < -0.4 is 31.3 Å². The molecule has 16 heteroatoms. The Bertz CT molecular complexity index is 2710. The van der Waals surface area contributed by atoms with Gasteiger partial charge in [0, 0.05) is 103 Å². The van der Waals surface area contributed by atoms with Crippen LogP contribution >= 0.6 is 0 Å². The molecular weight excluding hydrogens is 811 g/mol. The summed E-state index contributed by atoms with van der Waals surface area (Å²) in [6.45, 7) is 16.7. The largest absolute Gasteiger partial charge is 0.474 e. The number of fused-ring (bicyclic) bond motifs is 2. The minimum Gasteiger partial charge on any atom is -0.474 e. The van der Waals surface area contributed by atoms with Crippen LogP contribution in [0.2, 0.25) is 0 Å². The van der Waals surface area contributed by atoms with E-state index in [1.54, 1.807) is 11.6 Å². The summed E-state index contributed by atoms with van der Waals surface area (Å²) in [7, 11) is 1.72. The number of anilines is 3. The van der Waals surface area contributed by atoms with Crippen molar-refractivity contribution in [1.29, 1.82) is 0 Å². The Balaban J connectivity index is 0.719. The summed E-state index contributed by atoms with van der Waals surface area (Å²) < 4.78 is 8.81. The number of imide groups is 1. The van der Waals surface area contributed by atoms with E-state index in [4.69, 9.17) is 4.74 Å². The van der Waals surface area contributed by atoms with E-state index < -0.39 is 11.9 Å². The van der Waals surface area contributed by atoms with E-state index in [2.05, 4.69) is 91.4 Å². The van der Waals surface area contributed by atoms with Gasteiger partial charge in [-0.1, -0.05) is 43.0 Å². The number of hydrogen-bond acceptors (Lipinski definition) is 12. The van der Waals surface area contributed by atoms with Gasteiger partial charge in [0.1, 0.15) is 24.2 Å². The van der Waals surface area contributed by atoms with E-state index in [-0.39, 0.29) is 23.9 Å². The summed E-state index contributed by atoms with van der Waals surface area (Å²) in [5.74, 6) is 0.594. The second kappa shape index (κ2) is 18.1. The van der Waals surface area contributed by atoms with Gasteiger partial charge in [-0.2, -0.15) is 0 Å². The minimum atomic E-state index is -0.729. The highest BCUT2D eigenvalue weighted by molar-refractivity contribution is 6.00. The maximum atomic E-state index is 13.5. The molecule has 0 spiro atoms. The van der Waals surface area contributed by atoms with E-state index in [1.165, 1.54) is 10.1 Å². The van der Waals surface area contributed by atoms with Crippen LogP contribution in [0.4, 0.5) is 17.1 Å². The molecule has 3 amide bonds. The summed E-state index contributed by atoms with van der Waals surface area (Å²) in [5, 5.41) is 9.10. The zero-order chi connectivity index (χ0) is 44.5. The number of aliphatic imine (C=N–C) groups is 1. The SMILES string of the molecule is C=C(/N=C\c1ccc(-c2cnc3c(c2C)NCCO3)cc1C)Nc1ccc(CN2CCN(C(=O)CN3CCN(c4cccc5c4n(C)c(=O)n5C4CCC(=O)NC4=O)CC3)CC2)cc1. The predicted octanol–water partition coefficient (Wildman–Crippen LogP) is 4.27. The summed E-state index contributed by atoms with van der Waals surface area (Å²) in [6.07, 6.45) is 4.20. The van der Waals surface area contributed by atoms with E-state index in [0.717, 1.165) is 76.6 Å². The third-order valence-corrected chi connectivity index (χ3v) is 12.9. The van der Waals surface area contributed by atoms with Crippen LogP contribution in [-0.2, 0) is 28.0 Å². The van der Waals surface area contributed by atoms with Crippen molar-refractivity contribution in [2.24, 2.45) is 12.0 Å². The normalized spacial score (nSPS) is 18.5. The lowest BCUT2D eigenvalue weighted by Crippen LogP contribution is -2.53. The summed E-state index contributed by atoms with van der Waals surface area (Å²) in [6, 6.07) is 19.7. The average Bonchev–Trinajstić information content (AvgIpc) is 3.55. The molecule has 9 rings (SSSR count). The molecule has 0 saturated carbocycles. The topological polar surface area (TPSA) is 162 Å². The Morgan fingerprint density at radius 3 is 2.48 bits per heavy atom. The first-order valence-corrected chi connectivity index (χ1v) is 22.1. The molecule has 1 atom stereocenters. The van der Waals surface area contributed by atoms with Crippen LogP contribution in [0.15, 0.2) is 89.0 Å². The summed E-state index contributed by atoms with van der Waals surface area (Å²) >= 11 is 0. The number of piperazine rings is 2. The third kappa shape index (κ3) is 8.75. The number of rotatable bonds is 11. The first-order valence-electron chi connectivity index (χ1n) is 22.1. The van der Waals surface area contributed by atoms with Gasteiger partial charge in [0.2, 0.25) is 23.6 Å². The Kier molecular flexibility index (Phi) is 12.0. The molecule has 332 valence electrons. The number of hydrogen-bond donors (Lipinski definition) is 3. The molecule has 0 radical (unpaired) electrons. The molecule has 3 N–H and O–H groups in total. The van der Waals surface area contributed by atoms with Gasteiger partial charge >= 0.3 is 5.69 Å². The number of aryl methyl sites for hydroxylation is 2. The number of amides is 3. The van der Waals surface area contributed by atoms with Crippen molar-refractivity contribution in [2.75, 3.05) is 87.6 Å². The van der Waals surface area contributed by atoms with E-state index >= 15 is 0 Å². The molecule has 1 unspecified atom stereocenters. The second-order valence-corrected chi connectivity index (χ2v) is 17.1. The standard InChI is InChI=1S/C48H55N11O5/c1-31-26-35(38-28-51-47-44(32(38)2)49-16-25-64-47)10-11-36(31)27-50-33(3)52-37-12-8-34(9-13-37)29-55-19-23-58(24-20-55)43(61)30-56-17-21-57(22-18-56)39-6-5-7-40-45(39)54(4)48(63)59(40)41-14-15-42(60)53-46(41)62/h5-13,26-28,41,49,52H,3,14-25,29-30H2,1-2,4H3,(H,53,60,62)/b50-27-. The van der Waals surface area contributed by atoms with Gasteiger partial charge < -0.3 is 25.2 Å². The Morgan fingerprint density at radius 1 is 0.969 bits per heavy atom. The van der Waals surface area contributed by atoms with Gasteiger partial charge in [-0.15, -0.1) is 0 Å². The number of aromatic nitrogens is 3. The van der Waals surface area contributed by atoms with Crippen LogP contribution in [-0.4, -0.2) is 125 Å². The number of benzene rings is 3. The zero-order valence-electron chi connectivity index (χ0n) is 36.7. The zero-order valence-corrected chi connectivity index (χ0v) is 36.7. The molecule has 0 aliphatic carbocycles. The molecule has 3 aromatic carbocycles. The lowest BCUT2D eigenvalue weighted by molar-refractivity contribution is -0.136. The maximum Gasteiger partial charge on any atom is 0.329 e. The molecule has 2 aromatic heterocycles. The number of nitrogens with one attached hydrogen (secondary N) is 3. The van der Waals surface area contributed by atoms with Gasteiger partial charge in [-0.3, -0.25) is 38.6 Å². The maximum absolute atomic E-state index is 13.5. The van der Waals surface area contributed by atoms with Gasteiger partial charge in [-0.25, -0.2) is 14.8 Å². The van der Waals surface area contributed by atoms with Crippen LogP contribution in [0.5, 0.6) is 5.88 Å². The molecule has 4 aliphatic rings. The number of piperidine rings is 1. The fourth-order valence-corrected chi connectivity index (χ4v) is 9.29. The fraction of sp³-hybridized carbons (Fsp3) is 0.375. The molecule has 6 heterocycles. The Labute approximate surface area is 372 Å². The first kappa shape index (κ1) is 42.5. The van der Waals surface area contributed by atoms with E-state index in [1.807, 2.05) is 47.6 Å². The van der Waals surface area contributed by atoms with Gasteiger partial charge in [0.25, 0.3) is 0 Å². The number of carbonyl (C=O) groups is 3. The molecule has 5 aromatic rings. The third-order valence-electron chi connectivity index (χ3n) is 12.9. The minimum absolute atomic E-state index is 0.149. The highest BCUT2D eigenvalue weighted by atomic mass is 16.5. The number of para-hydroxylation sites is 1. The van der Waals surface area contributed by atoms with Gasteiger partial charge in [0.05, 0.1) is 23.3 Å². The first-order chi connectivity index (χ1) is 31.0. The highest BCUT2D eigenvalue weighted by Crippen LogP contribution is 2.36. The molecule has 0 bridgehead atoms. The molecule has 16 nitrogen and oxygen atoms in total. The summed E-state index contributed by atoms with van der Waals surface area (Å²) in [4.78, 5) is 69.3. The number of imidazole rings is 1. The van der Waals surface area contributed by atoms with Crippen LogP contribution in [0.25, 0.3) is 22.2 Å². The molecule has 3 fully saturated rings. The Hall–Kier alpha value is -6.78. The molecular formula is C48H55N11O5. The van der Waals surface area contributed by atoms with Crippen molar-refractivity contribution in [2.45, 2.75) is 39.3 Å². The monoisotopic (exact) mass is 865 g/mol. The highest BCUT2D eigenvalue weighted by Gasteiger charge is 2.33. The second-order valence-electron chi connectivity index (χ2n) is 17.1.